The SMILES string of the molecule is Cc1cccc(C)c1NC(=O)[C@H](C)Sc1nnc(-c2ccc([N+](=O)[O-])cc2)o1. The van der Waals surface area contributed by atoms with E-state index >= 15 is 0 Å². The average Bonchev–Trinajstić information content (AvgIpc) is 3.13. The number of anilines is 1. The molecule has 0 fully saturated rings. The number of carbonyl (C=O) groups is 1. The normalized spacial score (nSPS) is 11.8. The van der Waals surface area contributed by atoms with Gasteiger partial charge in [0.25, 0.3) is 10.9 Å². The fourth-order valence-electron chi connectivity index (χ4n) is 2.54. The van der Waals surface area contributed by atoms with E-state index in [1.807, 2.05) is 32.0 Å². The topological polar surface area (TPSA) is 111 Å². The molecule has 0 aliphatic carbocycles. The van der Waals surface area contributed by atoms with E-state index < -0.39 is 10.2 Å². The molecule has 0 aliphatic rings. The van der Waals surface area contributed by atoms with Crippen LogP contribution in [0.25, 0.3) is 11.5 Å². The van der Waals surface area contributed by atoms with Gasteiger partial charge in [-0.05, 0) is 44.0 Å². The molecule has 3 rings (SSSR count). The van der Waals surface area contributed by atoms with Crippen molar-refractivity contribution in [2.45, 2.75) is 31.2 Å². The van der Waals surface area contributed by atoms with Gasteiger partial charge >= 0.3 is 0 Å². The van der Waals surface area contributed by atoms with Crippen LogP contribution in [0.15, 0.2) is 52.1 Å². The summed E-state index contributed by atoms with van der Waals surface area (Å²) in [5.74, 6) is 0.0669. The third-order valence-corrected chi connectivity index (χ3v) is 5.04. The van der Waals surface area contributed by atoms with E-state index in [1.54, 1.807) is 6.92 Å². The molecule has 8 nitrogen and oxygen atoms in total. The zero-order valence-corrected chi connectivity index (χ0v) is 16.3. The maximum atomic E-state index is 12.5. The Morgan fingerprint density at radius 1 is 1.14 bits per heavy atom. The second-order valence-electron chi connectivity index (χ2n) is 6.19. The first-order chi connectivity index (χ1) is 13.3. The van der Waals surface area contributed by atoms with E-state index in [9.17, 15) is 14.9 Å². The van der Waals surface area contributed by atoms with Crippen LogP contribution in [0.4, 0.5) is 11.4 Å². The molecule has 0 spiro atoms. The molecule has 9 heteroatoms. The molecule has 0 bridgehead atoms. The van der Waals surface area contributed by atoms with Crippen LogP contribution in [0.2, 0.25) is 0 Å². The molecule has 28 heavy (non-hydrogen) atoms. The molecule has 1 aromatic heterocycles. The lowest BCUT2D eigenvalue weighted by Crippen LogP contribution is -2.23. The van der Waals surface area contributed by atoms with Crippen molar-refractivity contribution < 1.29 is 14.1 Å². The summed E-state index contributed by atoms with van der Waals surface area (Å²) in [6, 6.07) is 11.6. The maximum Gasteiger partial charge on any atom is 0.277 e. The average molecular weight is 398 g/mol. The fraction of sp³-hybridized carbons (Fsp3) is 0.211. The van der Waals surface area contributed by atoms with Crippen LogP contribution in [0.3, 0.4) is 0 Å². The molecule has 2 aromatic carbocycles. The van der Waals surface area contributed by atoms with Gasteiger partial charge in [-0.3, -0.25) is 14.9 Å². The van der Waals surface area contributed by atoms with E-state index in [4.69, 9.17) is 4.42 Å². The van der Waals surface area contributed by atoms with Crippen molar-refractivity contribution in [3.8, 4) is 11.5 Å². The van der Waals surface area contributed by atoms with Crippen LogP contribution in [0.5, 0.6) is 0 Å². The van der Waals surface area contributed by atoms with Gasteiger partial charge in [-0.15, -0.1) is 10.2 Å². The lowest BCUT2D eigenvalue weighted by atomic mass is 10.1. The van der Waals surface area contributed by atoms with E-state index in [-0.39, 0.29) is 22.7 Å². The zero-order chi connectivity index (χ0) is 20.3. The molecule has 1 N–H and O–H groups in total. The molecule has 3 aromatic rings. The van der Waals surface area contributed by atoms with Crippen molar-refractivity contribution in [3.05, 3.63) is 63.7 Å². The second kappa shape index (κ2) is 8.22. The summed E-state index contributed by atoms with van der Waals surface area (Å²) in [7, 11) is 0. The summed E-state index contributed by atoms with van der Waals surface area (Å²) < 4.78 is 5.58. The summed E-state index contributed by atoms with van der Waals surface area (Å²) in [5.41, 5.74) is 3.33. The second-order valence-corrected chi connectivity index (χ2v) is 7.49. The summed E-state index contributed by atoms with van der Waals surface area (Å²) in [6.07, 6.45) is 0. The molecular formula is C19H18N4O4S. The Hall–Kier alpha value is -3.20. The number of hydrogen-bond acceptors (Lipinski definition) is 7. The number of aromatic nitrogens is 2. The first kappa shape index (κ1) is 19.6. The smallest absolute Gasteiger partial charge is 0.277 e. The highest BCUT2D eigenvalue weighted by atomic mass is 32.2. The third kappa shape index (κ3) is 4.37. The number of nitrogens with zero attached hydrogens (tertiary/aromatic N) is 3. The number of aryl methyl sites for hydroxylation is 2. The minimum absolute atomic E-state index is 0.0188. The van der Waals surface area contributed by atoms with E-state index in [1.165, 1.54) is 24.3 Å². The lowest BCUT2D eigenvalue weighted by molar-refractivity contribution is -0.384. The van der Waals surface area contributed by atoms with Crippen molar-refractivity contribution in [2.75, 3.05) is 5.32 Å². The number of non-ortho nitro benzene ring substituents is 1. The van der Waals surface area contributed by atoms with Crippen LogP contribution < -0.4 is 5.32 Å². The predicted octanol–water partition coefficient (Wildman–Crippen LogP) is 4.38. The zero-order valence-electron chi connectivity index (χ0n) is 15.5. The van der Waals surface area contributed by atoms with E-state index in [0.29, 0.717) is 5.56 Å². The number of nitrogens with one attached hydrogen (secondary N) is 1. The Balaban J connectivity index is 1.67. The van der Waals surface area contributed by atoms with Crippen LogP contribution in [0, 0.1) is 24.0 Å². The van der Waals surface area contributed by atoms with Gasteiger partial charge in [-0.25, -0.2) is 0 Å². The van der Waals surface area contributed by atoms with Crippen LogP contribution >= 0.6 is 11.8 Å². The monoisotopic (exact) mass is 398 g/mol. The Morgan fingerprint density at radius 2 is 1.79 bits per heavy atom. The summed E-state index contributed by atoms with van der Waals surface area (Å²) in [4.78, 5) is 22.8. The van der Waals surface area contributed by atoms with Crippen LogP contribution in [0.1, 0.15) is 18.1 Å². The molecular weight excluding hydrogens is 380 g/mol. The Bertz CT molecular complexity index is 997. The van der Waals surface area contributed by atoms with Crippen LogP contribution in [-0.4, -0.2) is 26.3 Å². The first-order valence-corrected chi connectivity index (χ1v) is 9.35. The first-order valence-electron chi connectivity index (χ1n) is 8.47. The van der Waals surface area contributed by atoms with Gasteiger partial charge in [0.05, 0.1) is 10.2 Å². The van der Waals surface area contributed by atoms with E-state index in [2.05, 4.69) is 15.5 Å². The number of nitro groups is 1. The molecule has 1 atom stereocenters. The lowest BCUT2D eigenvalue weighted by Gasteiger charge is -2.14. The van der Waals surface area contributed by atoms with Gasteiger partial charge in [-0.2, -0.15) is 0 Å². The molecule has 0 aliphatic heterocycles. The predicted molar refractivity (Wildman–Crippen MR) is 106 cm³/mol. The standard InChI is InChI=1S/C19H18N4O4S/c1-11-5-4-6-12(2)16(11)20-17(24)13(3)28-19-22-21-18(27-19)14-7-9-15(10-8-14)23(25)26/h4-10,13H,1-3H3,(H,20,24)/t13-/m0/s1. The molecule has 0 saturated carbocycles. The van der Waals surface area contributed by atoms with Crippen molar-refractivity contribution >= 4 is 29.0 Å². The Labute approximate surface area is 165 Å². The molecule has 144 valence electrons. The van der Waals surface area contributed by atoms with Crippen molar-refractivity contribution in [1.82, 2.24) is 10.2 Å². The number of nitro benzene ring substituents is 1. The van der Waals surface area contributed by atoms with Gasteiger partial charge in [0.1, 0.15) is 0 Å². The minimum Gasteiger partial charge on any atom is -0.411 e. The number of amides is 1. The molecule has 1 amide bonds. The van der Waals surface area contributed by atoms with Crippen molar-refractivity contribution in [2.24, 2.45) is 0 Å². The number of carbonyl (C=O) groups excluding carboxylic acids is 1. The summed E-state index contributed by atoms with van der Waals surface area (Å²) >= 11 is 1.15. The highest BCUT2D eigenvalue weighted by Crippen LogP contribution is 2.28. The van der Waals surface area contributed by atoms with Crippen molar-refractivity contribution in [1.29, 1.82) is 0 Å². The van der Waals surface area contributed by atoms with Crippen LogP contribution in [-0.2, 0) is 4.79 Å². The fourth-order valence-corrected chi connectivity index (χ4v) is 3.22. The number of rotatable bonds is 6. The van der Waals surface area contributed by atoms with Gasteiger partial charge in [0, 0.05) is 23.4 Å². The molecule has 0 radical (unpaired) electrons. The minimum atomic E-state index is -0.477. The van der Waals surface area contributed by atoms with Gasteiger partial charge in [0.2, 0.25) is 11.8 Å². The Morgan fingerprint density at radius 3 is 2.39 bits per heavy atom. The molecule has 0 unspecified atom stereocenters. The highest BCUT2D eigenvalue weighted by molar-refractivity contribution is 8.00. The number of para-hydroxylation sites is 1. The van der Waals surface area contributed by atoms with Gasteiger partial charge in [-0.1, -0.05) is 30.0 Å². The largest absolute Gasteiger partial charge is 0.411 e. The highest BCUT2D eigenvalue weighted by Gasteiger charge is 2.20. The van der Waals surface area contributed by atoms with Crippen molar-refractivity contribution in [3.63, 3.8) is 0 Å². The maximum absolute atomic E-state index is 12.5. The summed E-state index contributed by atoms with van der Waals surface area (Å²) in [5, 5.41) is 21.4. The molecule has 1 heterocycles. The van der Waals surface area contributed by atoms with Gasteiger partial charge in [0.15, 0.2) is 0 Å². The van der Waals surface area contributed by atoms with E-state index in [0.717, 1.165) is 28.6 Å². The number of benzene rings is 2. The number of hydrogen-bond donors (Lipinski definition) is 1. The third-order valence-electron chi connectivity index (χ3n) is 4.11. The Kier molecular flexibility index (Phi) is 5.74. The van der Waals surface area contributed by atoms with Gasteiger partial charge < -0.3 is 9.73 Å². The molecule has 0 saturated heterocycles. The summed E-state index contributed by atoms with van der Waals surface area (Å²) in [6.45, 7) is 5.63. The number of thioether (sulfide) groups is 1. The quantitative estimate of drug-likeness (QED) is 0.372.